The summed E-state index contributed by atoms with van der Waals surface area (Å²) >= 11 is 5.89. The third kappa shape index (κ3) is 3.47. The second kappa shape index (κ2) is 6.47. The number of nitrogens with zero attached hydrogens (tertiary/aromatic N) is 3. The highest BCUT2D eigenvalue weighted by Gasteiger charge is 2.05. The normalized spacial score (nSPS) is 10.3. The second-order valence-corrected chi connectivity index (χ2v) is 5.47. The summed E-state index contributed by atoms with van der Waals surface area (Å²) in [4.78, 5) is 12.0. The number of halogens is 1. The van der Waals surface area contributed by atoms with Crippen LogP contribution in [0.5, 0.6) is 0 Å². The average Bonchev–Trinajstić information content (AvgIpc) is 2.58. The smallest absolute Gasteiger partial charge is 0.267 e. The van der Waals surface area contributed by atoms with E-state index < -0.39 is 0 Å². The van der Waals surface area contributed by atoms with Crippen LogP contribution < -0.4 is 5.56 Å². The van der Waals surface area contributed by atoms with E-state index in [2.05, 4.69) is 11.2 Å². The van der Waals surface area contributed by atoms with E-state index in [9.17, 15) is 4.79 Å². The van der Waals surface area contributed by atoms with Gasteiger partial charge in [-0.1, -0.05) is 35.9 Å². The maximum Gasteiger partial charge on any atom is 0.267 e. The number of rotatable bonds is 3. The molecule has 0 aliphatic carbocycles. The molecule has 0 amide bonds. The van der Waals surface area contributed by atoms with Gasteiger partial charge < -0.3 is 0 Å². The molecule has 0 aliphatic heterocycles. The summed E-state index contributed by atoms with van der Waals surface area (Å²) < 4.78 is 1.39. The number of hydrogen-bond acceptors (Lipinski definition) is 3. The molecule has 0 unspecified atom stereocenters. The molecule has 112 valence electrons. The van der Waals surface area contributed by atoms with E-state index in [1.165, 1.54) is 10.7 Å². The quantitative estimate of drug-likeness (QED) is 0.742. The average molecular weight is 322 g/mol. The van der Waals surface area contributed by atoms with Crippen LogP contribution in [0.15, 0.2) is 65.5 Å². The summed E-state index contributed by atoms with van der Waals surface area (Å²) in [6.07, 6.45) is 0. The monoisotopic (exact) mass is 321 g/mol. The summed E-state index contributed by atoms with van der Waals surface area (Å²) in [5, 5.41) is 14.0. The van der Waals surface area contributed by atoms with Gasteiger partial charge in [0.15, 0.2) is 0 Å². The van der Waals surface area contributed by atoms with Crippen LogP contribution in [0.1, 0.15) is 11.1 Å². The van der Waals surface area contributed by atoms with E-state index in [0.29, 0.717) is 22.8 Å². The molecule has 0 atom stereocenters. The van der Waals surface area contributed by atoms with Crippen LogP contribution in [0.25, 0.3) is 11.3 Å². The lowest BCUT2D eigenvalue weighted by atomic mass is 10.1. The molecule has 23 heavy (non-hydrogen) atoms. The highest BCUT2D eigenvalue weighted by Crippen LogP contribution is 2.18. The van der Waals surface area contributed by atoms with Gasteiger partial charge >= 0.3 is 0 Å². The minimum atomic E-state index is -0.190. The topological polar surface area (TPSA) is 58.7 Å². The number of nitriles is 1. The highest BCUT2D eigenvalue weighted by atomic mass is 35.5. The number of aromatic nitrogens is 2. The Bertz CT molecular complexity index is 939. The standard InChI is InChI=1S/C18H12ClN3O/c19-16-6-4-15(5-7-16)17-8-9-18(23)22(21-17)12-14-3-1-2-13(10-14)11-20/h1-10H,12H2. The van der Waals surface area contributed by atoms with Crippen molar-refractivity contribution in [3.8, 4) is 17.3 Å². The third-order valence-corrected chi connectivity index (χ3v) is 3.65. The Kier molecular flexibility index (Phi) is 4.22. The predicted molar refractivity (Wildman–Crippen MR) is 89.2 cm³/mol. The Balaban J connectivity index is 1.96. The molecule has 3 rings (SSSR count). The number of benzene rings is 2. The first-order valence-electron chi connectivity index (χ1n) is 6.99. The van der Waals surface area contributed by atoms with Gasteiger partial charge in [-0.2, -0.15) is 10.4 Å². The Morgan fingerprint density at radius 3 is 2.61 bits per heavy atom. The molecule has 5 heteroatoms. The van der Waals surface area contributed by atoms with Crippen molar-refractivity contribution in [1.82, 2.24) is 9.78 Å². The van der Waals surface area contributed by atoms with E-state index in [1.54, 1.807) is 36.4 Å². The Labute approximate surface area is 138 Å². The first-order chi connectivity index (χ1) is 11.2. The molecule has 0 N–H and O–H groups in total. The molecule has 0 radical (unpaired) electrons. The predicted octanol–water partition coefficient (Wildman–Crippen LogP) is 3.48. The van der Waals surface area contributed by atoms with Gasteiger partial charge in [-0.25, -0.2) is 4.68 Å². The van der Waals surface area contributed by atoms with Gasteiger partial charge in [0, 0.05) is 16.7 Å². The van der Waals surface area contributed by atoms with Crippen LogP contribution in [0.4, 0.5) is 0 Å². The SMILES string of the molecule is N#Cc1cccc(Cn2nc(-c3ccc(Cl)cc3)ccc2=O)c1. The molecule has 0 spiro atoms. The molecular weight excluding hydrogens is 310 g/mol. The van der Waals surface area contributed by atoms with Crippen molar-refractivity contribution in [2.75, 3.05) is 0 Å². The number of hydrogen-bond donors (Lipinski definition) is 0. The summed E-state index contributed by atoms with van der Waals surface area (Å²) in [7, 11) is 0. The van der Waals surface area contributed by atoms with Crippen LogP contribution in [-0.4, -0.2) is 9.78 Å². The maximum absolute atomic E-state index is 12.0. The Hall–Kier alpha value is -2.90. The van der Waals surface area contributed by atoms with Crippen molar-refractivity contribution in [3.63, 3.8) is 0 Å². The fourth-order valence-electron chi connectivity index (χ4n) is 2.25. The van der Waals surface area contributed by atoms with E-state index >= 15 is 0 Å². The second-order valence-electron chi connectivity index (χ2n) is 5.03. The van der Waals surface area contributed by atoms with E-state index in [4.69, 9.17) is 16.9 Å². The van der Waals surface area contributed by atoms with Gasteiger partial charge in [-0.15, -0.1) is 0 Å². The molecule has 0 saturated heterocycles. The summed E-state index contributed by atoms with van der Waals surface area (Å²) in [5.41, 5.74) is 2.80. The Morgan fingerprint density at radius 2 is 1.87 bits per heavy atom. The van der Waals surface area contributed by atoms with Crippen molar-refractivity contribution in [1.29, 1.82) is 5.26 Å². The lowest BCUT2D eigenvalue weighted by Gasteiger charge is -2.08. The van der Waals surface area contributed by atoms with Gasteiger partial charge in [0.25, 0.3) is 5.56 Å². The van der Waals surface area contributed by atoms with Crippen LogP contribution in [0, 0.1) is 11.3 Å². The largest absolute Gasteiger partial charge is 0.268 e. The van der Waals surface area contributed by atoms with Crippen LogP contribution >= 0.6 is 11.6 Å². The lowest BCUT2D eigenvalue weighted by molar-refractivity contribution is 0.642. The maximum atomic E-state index is 12.0. The zero-order valence-corrected chi connectivity index (χ0v) is 12.9. The van der Waals surface area contributed by atoms with Crippen molar-refractivity contribution in [2.45, 2.75) is 6.54 Å². The van der Waals surface area contributed by atoms with Gasteiger partial charge in [0.2, 0.25) is 0 Å². The van der Waals surface area contributed by atoms with E-state index in [0.717, 1.165) is 11.1 Å². The van der Waals surface area contributed by atoms with Gasteiger partial charge in [0.05, 0.1) is 23.9 Å². The molecule has 1 aromatic heterocycles. The first kappa shape index (κ1) is 15.0. The molecule has 0 saturated carbocycles. The van der Waals surface area contributed by atoms with Gasteiger partial charge in [-0.05, 0) is 35.9 Å². The summed E-state index contributed by atoms with van der Waals surface area (Å²) in [6.45, 7) is 0.315. The zero-order chi connectivity index (χ0) is 16.2. The zero-order valence-electron chi connectivity index (χ0n) is 12.1. The highest BCUT2D eigenvalue weighted by molar-refractivity contribution is 6.30. The third-order valence-electron chi connectivity index (χ3n) is 3.40. The van der Waals surface area contributed by atoms with E-state index in [1.807, 2.05) is 18.2 Å². The van der Waals surface area contributed by atoms with Crippen molar-refractivity contribution >= 4 is 11.6 Å². The molecule has 3 aromatic rings. The minimum Gasteiger partial charge on any atom is -0.268 e. The van der Waals surface area contributed by atoms with Crippen molar-refractivity contribution in [3.05, 3.63) is 87.2 Å². The van der Waals surface area contributed by atoms with Crippen molar-refractivity contribution < 1.29 is 0 Å². The lowest BCUT2D eigenvalue weighted by Crippen LogP contribution is -2.22. The van der Waals surface area contributed by atoms with Gasteiger partial charge in [-0.3, -0.25) is 4.79 Å². The molecular formula is C18H12ClN3O. The molecule has 0 bridgehead atoms. The fraction of sp³-hybridized carbons (Fsp3) is 0.0556. The Morgan fingerprint density at radius 1 is 1.09 bits per heavy atom. The van der Waals surface area contributed by atoms with Crippen LogP contribution in [-0.2, 0) is 6.54 Å². The first-order valence-corrected chi connectivity index (χ1v) is 7.37. The molecule has 0 aliphatic rings. The molecule has 1 heterocycles. The van der Waals surface area contributed by atoms with Gasteiger partial charge in [0.1, 0.15) is 0 Å². The summed E-state index contributed by atoms with van der Waals surface area (Å²) in [6, 6.07) is 19.7. The van der Waals surface area contributed by atoms with E-state index in [-0.39, 0.29) is 5.56 Å². The van der Waals surface area contributed by atoms with Crippen molar-refractivity contribution in [2.24, 2.45) is 0 Å². The summed E-state index contributed by atoms with van der Waals surface area (Å²) in [5.74, 6) is 0. The molecule has 2 aromatic carbocycles. The fourth-order valence-corrected chi connectivity index (χ4v) is 2.37. The van der Waals surface area contributed by atoms with Crippen LogP contribution in [0.3, 0.4) is 0 Å². The molecule has 4 nitrogen and oxygen atoms in total. The minimum absolute atomic E-state index is 0.190. The molecule has 0 fully saturated rings. The van der Waals surface area contributed by atoms with Crippen LogP contribution in [0.2, 0.25) is 5.02 Å².